The molecule has 1 aliphatic rings. The standard InChI is InChI=1S/C28H26N4O4/c1-35-24-13-12-18(16-25(24)36-2)26-22(17-32(31-26)19-8-4-3-5-9-19)27(33)29-15-14-21-20-10-6-7-11-23(20)30-28(21)34/h3-13,16-17,21H,14-15H2,1-2H3,(H,29,33)(H,30,34). The van der Waals surface area contributed by atoms with Crippen molar-refractivity contribution < 1.29 is 19.1 Å². The molecular formula is C28H26N4O4. The van der Waals surface area contributed by atoms with E-state index in [0.29, 0.717) is 35.7 Å². The number of benzene rings is 3. The molecule has 2 N–H and O–H groups in total. The summed E-state index contributed by atoms with van der Waals surface area (Å²) >= 11 is 0. The van der Waals surface area contributed by atoms with E-state index in [-0.39, 0.29) is 17.7 Å². The second kappa shape index (κ2) is 9.95. The van der Waals surface area contributed by atoms with Gasteiger partial charge in [0.1, 0.15) is 5.69 Å². The number of methoxy groups -OCH3 is 2. The number of aromatic nitrogens is 2. The zero-order chi connectivity index (χ0) is 25.1. The van der Waals surface area contributed by atoms with Crippen LogP contribution in [-0.2, 0) is 4.79 Å². The van der Waals surface area contributed by atoms with Gasteiger partial charge in [0.2, 0.25) is 5.91 Å². The molecule has 1 aromatic heterocycles. The average Bonchev–Trinajstić information content (AvgIpc) is 3.50. The van der Waals surface area contributed by atoms with E-state index in [1.807, 2.05) is 60.7 Å². The van der Waals surface area contributed by atoms with E-state index in [4.69, 9.17) is 14.6 Å². The van der Waals surface area contributed by atoms with E-state index in [1.54, 1.807) is 37.2 Å². The van der Waals surface area contributed by atoms with Gasteiger partial charge in [-0.15, -0.1) is 0 Å². The van der Waals surface area contributed by atoms with Crippen LogP contribution >= 0.6 is 0 Å². The van der Waals surface area contributed by atoms with Crippen molar-refractivity contribution in [3.8, 4) is 28.4 Å². The predicted octanol–water partition coefficient (Wildman–Crippen LogP) is 4.41. The molecule has 0 spiro atoms. The van der Waals surface area contributed by atoms with Crippen LogP contribution in [0.5, 0.6) is 11.5 Å². The van der Waals surface area contributed by atoms with Gasteiger partial charge >= 0.3 is 0 Å². The maximum atomic E-state index is 13.3. The first-order chi connectivity index (χ1) is 17.6. The first kappa shape index (κ1) is 23.2. The van der Waals surface area contributed by atoms with Crippen molar-refractivity contribution in [1.29, 1.82) is 0 Å². The van der Waals surface area contributed by atoms with Crippen LogP contribution in [0.15, 0.2) is 79.0 Å². The summed E-state index contributed by atoms with van der Waals surface area (Å²) in [6, 6.07) is 22.7. The van der Waals surface area contributed by atoms with Crippen molar-refractivity contribution >= 4 is 17.5 Å². The van der Waals surface area contributed by atoms with Crippen LogP contribution in [0.1, 0.15) is 28.3 Å². The highest BCUT2D eigenvalue weighted by molar-refractivity contribution is 6.03. The molecule has 182 valence electrons. The third-order valence-electron chi connectivity index (χ3n) is 6.27. The molecule has 2 amide bonds. The third-order valence-corrected chi connectivity index (χ3v) is 6.27. The fourth-order valence-corrected chi connectivity index (χ4v) is 4.44. The molecule has 0 saturated heterocycles. The number of nitrogens with one attached hydrogen (secondary N) is 2. The minimum absolute atomic E-state index is 0.0478. The molecule has 0 radical (unpaired) electrons. The minimum Gasteiger partial charge on any atom is -0.493 e. The molecule has 1 unspecified atom stereocenters. The fourth-order valence-electron chi connectivity index (χ4n) is 4.44. The molecule has 0 bridgehead atoms. The Morgan fingerprint density at radius 1 is 1.00 bits per heavy atom. The highest BCUT2D eigenvalue weighted by Gasteiger charge is 2.30. The lowest BCUT2D eigenvalue weighted by Crippen LogP contribution is -2.27. The van der Waals surface area contributed by atoms with Crippen LogP contribution in [0.2, 0.25) is 0 Å². The van der Waals surface area contributed by atoms with Crippen molar-refractivity contribution in [2.75, 3.05) is 26.1 Å². The van der Waals surface area contributed by atoms with Crippen molar-refractivity contribution in [1.82, 2.24) is 15.1 Å². The van der Waals surface area contributed by atoms with Crippen LogP contribution in [-0.4, -0.2) is 42.4 Å². The lowest BCUT2D eigenvalue weighted by atomic mass is 9.97. The average molecular weight is 483 g/mol. The summed E-state index contributed by atoms with van der Waals surface area (Å²) < 4.78 is 12.5. The molecule has 36 heavy (non-hydrogen) atoms. The van der Waals surface area contributed by atoms with Gasteiger partial charge in [-0.25, -0.2) is 4.68 Å². The van der Waals surface area contributed by atoms with E-state index in [2.05, 4.69) is 10.6 Å². The SMILES string of the molecule is COc1ccc(-c2nn(-c3ccccc3)cc2C(=O)NCCC2C(=O)Nc3ccccc32)cc1OC. The van der Waals surface area contributed by atoms with Crippen LogP contribution in [0, 0.1) is 0 Å². The molecule has 8 heteroatoms. The second-order valence-electron chi connectivity index (χ2n) is 8.41. The van der Waals surface area contributed by atoms with Gasteiger partial charge in [0.15, 0.2) is 11.5 Å². The van der Waals surface area contributed by atoms with Crippen molar-refractivity contribution in [3.63, 3.8) is 0 Å². The quantitative estimate of drug-likeness (QED) is 0.388. The van der Waals surface area contributed by atoms with Gasteiger partial charge in [0.25, 0.3) is 5.91 Å². The largest absolute Gasteiger partial charge is 0.493 e. The summed E-state index contributed by atoms with van der Waals surface area (Å²) in [6.45, 7) is 0.340. The molecule has 0 saturated carbocycles. The van der Waals surface area contributed by atoms with Gasteiger partial charge in [0.05, 0.1) is 31.4 Å². The molecule has 0 fully saturated rings. The molecular weight excluding hydrogens is 456 g/mol. The van der Waals surface area contributed by atoms with Gasteiger partial charge in [-0.3, -0.25) is 9.59 Å². The number of fused-ring (bicyclic) bond motifs is 1. The monoisotopic (exact) mass is 482 g/mol. The molecule has 4 aromatic rings. The third kappa shape index (κ3) is 4.40. The second-order valence-corrected chi connectivity index (χ2v) is 8.41. The number of para-hydroxylation sites is 2. The summed E-state index contributed by atoms with van der Waals surface area (Å²) in [5.41, 5.74) is 4.27. The number of hydrogen-bond donors (Lipinski definition) is 2. The molecule has 0 aliphatic carbocycles. The number of amides is 2. The lowest BCUT2D eigenvalue weighted by Gasteiger charge is -2.11. The molecule has 8 nitrogen and oxygen atoms in total. The normalized spacial score (nSPS) is 14.2. The summed E-state index contributed by atoms with van der Waals surface area (Å²) in [7, 11) is 3.14. The summed E-state index contributed by atoms with van der Waals surface area (Å²) in [6.07, 6.45) is 2.21. The van der Waals surface area contributed by atoms with Crippen LogP contribution < -0.4 is 20.1 Å². The van der Waals surface area contributed by atoms with Gasteiger partial charge in [-0.1, -0.05) is 36.4 Å². The van der Waals surface area contributed by atoms with E-state index in [0.717, 1.165) is 22.5 Å². The Hall–Kier alpha value is -4.59. The Labute approximate surface area is 208 Å². The van der Waals surface area contributed by atoms with Gasteiger partial charge < -0.3 is 20.1 Å². The van der Waals surface area contributed by atoms with Crippen molar-refractivity contribution in [2.24, 2.45) is 0 Å². The zero-order valence-corrected chi connectivity index (χ0v) is 20.0. The van der Waals surface area contributed by atoms with Gasteiger partial charge in [-0.2, -0.15) is 5.10 Å². The molecule has 5 rings (SSSR count). The maximum absolute atomic E-state index is 13.3. The smallest absolute Gasteiger partial charge is 0.255 e. The zero-order valence-electron chi connectivity index (χ0n) is 20.0. The maximum Gasteiger partial charge on any atom is 0.255 e. The van der Waals surface area contributed by atoms with Crippen LogP contribution in [0.25, 0.3) is 16.9 Å². The van der Waals surface area contributed by atoms with Crippen molar-refractivity contribution in [2.45, 2.75) is 12.3 Å². The van der Waals surface area contributed by atoms with E-state index < -0.39 is 0 Å². The number of carbonyl (C=O) groups is 2. The van der Waals surface area contributed by atoms with Crippen LogP contribution in [0.3, 0.4) is 0 Å². The topological polar surface area (TPSA) is 94.5 Å². The number of ether oxygens (including phenoxy) is 2. The first-order valence-electron chi connectivity index (χ1n) is 11.6. The molecule has 1 atom stereocenters. The summed E-state index contributed by atoms with van der Waals surface area (Å²) in [4.78, 5) is 25.8. The predicted molar refractivity (Wildman–Crippen MR) is 137 cm³/mol. The van der Waals surface area contributed by atoms with Gasteiger partial charge in [-0.05, 0) is 48.4 Å². The van der Waals surface area contributed by atoms with Crippen molar-refractivity contribution in [3.05, 3.63) is 90.1 Å². The highest BCUT2D eigenvalue weighted by atomic mass is 16.5. The van der Waals surface area contributed by atoms with E-state index >= 15 is 0 Å². The molecule has 3 aromatic carbocycles. The molecule has 2 heterocycles. The number of hydrogen-bond acceptors (Lipinski definition) is 5. The van der Waals surface area contributed by atoms with Crippen LogP contribution in [0.4, 0.5) is 5.69 Å². The summed E-state index contributed by atoms with van der Waals surface area (Å²) in [5.74, 6) is 0.521. The summed E-state index contributed by atoms with van der Waals surface area (Å²) in [5, 5.41) is 10.6. The highest BCUT2D eigenvalue weighted by Crippen LogP contribution is 2.35. The van der Waals surface area contributed by atoms with E-state index in [1.165, 1.54) is 0 Å². The molecule has 1 aliphatic heterocycles. The Morgan fingerprint density at radius 2 is 1.75 bits per heavy atom. The van der Waals surface area contributed by atoms with E-state index in [9.17, 15) is 9.59 Å². The fraction of sp³-hybridized carbons (Fsp3) is 0.179. The first-order valence-corrected chi connectivity index (χ1v) is 11.6. The Kier molecular flexibility index (Phi) is 6.40. The minimum atomic E-state index is -0.293. The number of rotatable bonds is 8. The Bertz CT molecular complexity index is 1410. The number of carbonyl (C=O) groups excluding carboxylic acids is 2. The lowest BCUT2D eigenvalue weighted by molar-refractivity contribution is -0.117. The number of anilines is 1. The Morgan fingerprint density at radius 3 is 2.53 bits per heavy atom. The van der Waals surface area contributed by atoms with Gasteiger partial charge in [0, 0.05) is 24.0 Å². The Balaban J connectivity index is 1.41. The number of nitrogens with zero attached hydrogens (tertiary/aromatic N) is 2.